The summed E-state index contributed by atoms with van der Waals surface area (Å²) in [4.78, 5) is 87.0. The highest BCUT2D eigenvalue weighted by Gasteiger charge is 2.30. The van der Waals surface area contributed by atoms with E-state index >= 15 is 0 Å². The first-order chi connectivity index (χ1) is 35.8. The summed E-state index contributed by atoms with van der Waals surface area (Å²) >= 11 is 0. The number of alkyl carbamates (subject to hydrolysis) is 1. The summed E-state index contributed by atoms with van der Waals surface area (Å²) in [6, 6.07) is 13.8. The van der Waals surface area contributed by atoms with Gasteiger partial charge in [-0.25, -0.2) is 14.4 Å². The third kappa shape index (κ3) is 28.8. The first-order valence-corrected chi connectivity index (χ1v) is 27.6. The van der Waals surface area contributed by atoms with Crippen LogP contribution in [0.15, 0.2) is 48.5 Å². The van der Waals surface area contributed by atoms with Crippen molar-refractivity contribution in [3.05, 3.63) is 59.7 Å². The minimum Gasteiger partial charge on any atom is -0.480 e. The Morgan fingerprint density at radius 2 is 1.04 bits per heavy atom. The zero-order valence-corrected chi connectivity index (χ0v) is 46.0. The number of hydrogen-bond donors (Lipinski definition) is 5. The lowest BCUT2D eigenvalue weighted by Gasteiger charge is -2.24. The maximum absolute atomic E-state index is 13.0. The monoisotopic (exact) mass is 1050 g/mol. The number of ether oxygens (including phenoxy) is 5. The molecule has 1 aliphatic rings. The van der Waals surface area contributed by atoms with E-state index in [-0.39, 0.29) is 88.5 Å². The van der Waals surface area contributed by atoms with E-state index in [9.17, 15) is 38.7 Å². The van der Waals surface area contributed by atoms with E-state index in [1.54, 1.807) is 20.8 Å². The Bertz CT molecular complexity index is 2000. The molecule has 75 heavy (non-hydrogen) atoms. The third-order valence-electron chi connectivity index (χ3n) is 12.5. The molecule has 0 fully saturated rings. The number of rotatable bonds is 39. The first-order valence-electron chi connectivity index (χ1n) is 27.6. The Morgan fingerprint density at radius 3 is 1.60 bits per heavy atom. The number of fused-ring (bicyclic) bond motifs is 3. The number of carbonyl (C=O) groups excluding carboxylic acids is 6. The van der Waals surface area contributed by atoms with Gasteiger partial charge < -0.3 is 50.1 Å². The normalized spacial score (nSPS) is 12.9. The fourth-order valence-electron chi connectivity index (χ4n) is 8.76. The van der Waals surface area contributed by atoms with Crippen LogP contribution in [0.3, 0.4) is 0 Å². The molecule has 0 saturated heterocycles. The van der Waals surface area contributed by atoms with Crippen LogP contribution in [-0.4, -0.2) is 116 Å². The second-order valence-electron chi connectivity index (χ2n) is 21.4. The maximum atomic E-state index is 13.0. The molecule has 0 radical (unpaired) electrons. The summed E-state index contributed by atoms with van der Waals surface area (Å²) in [7, 11) is 0. The van der Waals surface area contributed by atoms with Crippen LogP contribution in [0.2, 0.25) is 0 Å². The number of hydrogen-bond acceptors (Lipinski definition) is 12. The Morgan fingerprint density at radius 1 is 0.520 bits per heavy atom. The number of nitrogens with one attached hydrogen (secondary N) is 4. The molecule has 0 aliphatic heterocycles. The van der Waals surface area contributed by atoms with E-state index in [4.69, 9.17) is 23.7 Å². The van der Waals surface area contributed by atoms with Gasteiger partial charge in [-0.05, 0) is 102 Å². The van der Waals surface area contributed by atoms with Crippen molar-refractivity contribution in [1.29, 1.82) is 0 Å². The summed E-state index contributed by atoms with van der Waals surface area (Å²) in [5, 5.41) is 20.4. The number of aliphatic carboxylic acids is 1. The molecule has 4 amide bonds. The summed E-state index contributed by atoms with van der Waals surface area (Å²) in [6.45, 7) is 11.9. The van der Waals surface area contributed by atoms with Crippen molar-refractivity contribution >= 4 is 41.7 Å². The van der Waals surface area contributed by atoms with E-state index in [1.807, 2.05) is 69.3 Å². The Labute approximate surface area is 446 Å². The maximum Gasteiger partial charge on any atom is 0.407 e. The second-order valence-corrected chi connectivity index (χ2v) is 21.4. The highest BCUT2D eigenvalue weighted by Crippen LogP contribution is 2.44. The molecule has 0 spiro atoms. The second kappa shape index (κ2) is 35.7. The van der Waals surface area contributed by atoms with Crippen molar-refractivity contribution in [3.8, 4) is 11.1 Å². The molecule has 0 heterocycles. The SMILES string of the molecule is CC(C)(C)OC(=O)CCCCCCCCCCCCCCCCC(=O)N[C@@H](CCC(=O)NCCOCCOCC(=O)NCCCC[C@H](NC(=O)OCC1c2ccccc2-c2ccccc21)C(=O)O)C(=O)OC(C)(C)C. The Kier molecular flexibility index (Phi) is 30.3. The molecule has 0 aromatic heterocycles. The molecular formula is C58H90N4O13. The number of esters is 2. The molecule has 0 bridgehead atoms. The van der Waals surface area contributed by atoms with Crippen molar-refractivity contribution in [1.82, 2.24) is 21.3 Å². The quantitative estimate of drug-likeness (QED) is 0.0239. The zero-order chi connectivity index (χ0) is 54.9. The van der Waals surface area contributed by atoms with Crippen LogP contribution in [0, 0.1) is 0 Å². The van der Waals surface area contributed by atoms with Gasteiger partial charge in [-0.2, -0.15) is 0 Å². The minimum absolute atomic E-state index is 0.00187. The topological polar surface area (TPSA) is 234 Å². The van der Waals surface area contributed by atoms with Gasteiger partial charge in [0.1, 0.15) is 36.5 Å². The van der Waals surface area contributed by atoms with Crippen LogP contribution in [-0.2, 0) is 52.5 Å². The summed E-state index contributed by atoms with van der Waals surface area (Å²) in [6.07, 6.45) is 16.7. The van der Waals surface area contributed by atoms with Crippen molar-refractivity contribution in [2.24, 2.45) is 0 Å². The van der Waals surface area contributed by atoms with Gasteiger partial charge in [0, 0.05) is 38.3 Å². The van der Waals surface area contributed by atoms with E-state index in [0.717, 1.165) is 67.2 Å². The molecule has 420 valence electrons. The van der Waals surface area contributed by atoms with Crippen LogP contribution in [0.5, 0.6) is 0 Å². The predicted molar refractivity (Wildman–Crippen MR) is 288 cm³/mol. The number of unbranched alkanes of at least 4 members (excludes halogenated alkanes) is 14. The smallest absolute Gasteiger partial charge is 0.407 e. The number of carboxylic acids is 1. The predicted octanol–water partition coefficient (Wildman–Crippen LogP) is 9.60. The number of carbonyl (C=O) groups is 7. The fraction of sp³-hybridized carbons (Fsp3) is 0.672. The number of carboxylic acid groups (broad SMARTS) is 1. The molecule has 17 heteroatoms. The highest BCUT2D eigenvalue weighted by atomic mass is 16.6. The molecule has 2 atom stereocenters. The first kappa shape index (κ1) is 63.7. The van der Waals surface area contributed by atoms with Crippen molar-refractivity contribution in [3.63, 3.8) is 0 Å². The van der Waals surface area contributed by atoms with Gasteiger partial charge in [0.25, 0.3) is 0 Å². The van der Waals surface area contributed by atoms with Gasteiger partial charge in [-0.3, -0.25) is 19.2 Å². The van der Waals surface area contributed by atoms with Crippen LogP contribution in [0.25, 0.3) is 11.1 Å². The van der Waals surface area contributed by atoms with E-state index < -0.39 is 41.3 Å². The lowest BCUT2D eigenvalue weighted by atomic mass is 9.98. The lowest BCUT2D eigenvalue weighted by molar-refractivity contribution is -0.159. The van der Waals surface area contributed by atoms with Crippen LogP contribution in [0.1, 0.15) is 193 Å². The molecule has 0 unspecified atom stereocenters. The third-order valence-corrected chi connectivity index (χ3v) is 12.5. The Balaban J connectivity index is 1.15. The van der Waals surface area contributed by atoms with Crippen molar-refractivity contribution in [2.75, 3.05) is 46.1 Å². The van der Waals surface area contributed by atoms with Crippen LogP contribution in [0.4, 0.5) is 4.79 Å². The number of benzene rings is 2. The highest BCUT2D eigenvalue weighted by molar-refractivity contribution is 5.86. The average Bonchev–Trinajstić information content (AvgIpc) is 3.66. The molecule has 5 N–H and O–H groups in total. The van der Waals surface area contributed by atoms with Crippen LogP contribution < -0.4 is 21.3 Å². The molecule has 17 nitrogen and oxygen atoms in total. The van der Waals surface area contributed by atoms with Gasteiger partial charge in [-0.15, -0.1) is 0 Å². The molecular weight excluding hydrogens is 961 g/mol. The molecule has 2 aromatic rings. The van der Waals surface area contributed by atoms with Gasteiger partial charge >= 0.3 is 24.0 Å². The molecule has 1 aliphatic carbocycles. The lowest BCUT2D eigenvalue weighted by Crippen LogP contribution is -2.44. The largest absolute Gasteiger partial charge is 0.480 e. The zero-order valence-electron chi connectivity index (χ0n) is 46.0. The van der Waals surface area contributed by atoms with Crippen molar-refractivity contribution < 1.29 is 62.4 Å². The minimum atomic E-state index is -1.17. The van der Waals surface area contributed by atoms with Gasteiger partial charge in [0.15, 0.2) is 0 Å². The molecule has 0 saturated carbocycles. The number of amides is 4. The van der Waals surface area contributed by atoms with Crippen LogP contribution >= 0.6 is 0 Å². The summed E-state index contributed by atoms with van der Waals surface area (Å²) in [5.41, 5.74) is 3.13. The summed E-state index contributed by atoms with van der Waals surface area (Å²) in [5.74, 6) is -2.89. The molecule has 3 rings (SSSR count). The Hall–Kier alpha value is -5.55. The van der Waals surface area contributed by atoms with E-state index in [1.165, 1.54) is 44.9 Å². The molecule has 2 aromatic carbocycles. The van der Waals surface area contributed by atoms with Gasteiger partial charge in [0.05, 0.1) is 19.8 Å². The summed E-state index contributed by atoms with van der Waals surface area (Å²) < 4.78 is 27.3. The fourth-order valence-corrected chi connectivity index (χ4v) is 8.76. The van der Waals surface area contributed by atoms with Gasteiger partial charge in [-0.1, -0.05) is 126 Å². The van der Waals surface area contributed by atoms with E-state index in [2.05, 4.69) is 21.3 Å². The van der Waals surface area contributed by atoms with Crippen molar-refractivity contribution in [2.45, 2.75) is 206 Å². The standard InChI is InChI=1S/C58H90N4O13/c1-57(2,3)74-53(66)33-20-18-16-14-12-10-8-7-9-11-13-15-17-19-32-51(64)61-49(55(69)75-58(4,5)6)34-35-50(63)60-37-38-71-39-40-72-42-52(65)59-36-26-25-31-48(54(67)68)62-56(70)73-41-47-45-29-23-21-27-43(45)44-28-22-24-30-46(44)47/h21-24,27-30,47-49H,7-20,25-26,31-42H2,1-6H3,(H,59,65)(H,60,63)(H,61,64)(H,62,70)(H,67,68)/t48-,49-/m0/s1. The van der Waals surface area contributed by atoms with E-state index in [0.29, 0.717) is 32.2 Å². The average molecular weight is 1050 g/mol. The van der Waals surface area contributed by atoms with Gasteiger partial charge in [0.2, 0.25) is 17.7 Å².